The number of unbranched alkanes of at least 4 members (excludes halogenated alkanes) is 9. The molecule has 0 N–H and O–H groups in total. The topological polar surface area (TPSA) is 0 Å². The van der Waals surface area contributed by atoms with Crippen molar-refractivity contribution in [2.45, 2.75) is 97.3 Å². The Morgan fingerprint density at radius 2 is 1.00 bits per heavy atom. The van der Waals surface area contributed by atoms with Crippen LogP contribution in [0.25, 0.3) is 0 Å². The fourth-order valence-corrected chi connectivity index (χ4v) is 2.55. The van der Waals surface area contributed by atoms with Crippen molar-refractivity contribution in [1.82, 2.24) is 0 Å². The van der Waals surface area contributed by atoms with Gasteiger partial charge in [-0.2, -0.15) is 0 Å². The summed E-state index contributed by atoms with van der Waals surface area (Å²) in [5.41, 5.74) is 0. The highest BCUT2D eigenvalue weighted by Gasteiger charge is 2.07. The predicted octanol–water partition coefficient (Wildman–Crippen LogP) is 6.68. The van der Waals surface area contributed by atoms with Gasteiger partial charge < -0.3 is 0 Å². The highest BCUT2D eigenvalue weighted by Crippen LogP contribution is 2.19. The molecule has 0 aliphatic carbocycles. The molecule has 0 aliphatic rings. The van der Waals surface area contributed by atoms with Crippen LogP contribution < -0.4 is 0 Å². The fraction of sp³-hybridized carbons (Fsp3) is 1.00. The van der Waals surface area contributed by atoms with Crippen LogP contribution in [0.1, 0.15) is 97.3 Å². The van der Waals surface area contributed by atoms with Crippen LogP contribution in [-0.2, 0) is 0 Å². The summed E-state index contributed by atoms with van der Waals surface area (Å²) >= 11 is 0. The van der Waals surface area contributed by atoms with Crippen LogP contribution in [0.4, 0.5) is 4.39 Å². The molecule has 0 radical (unpaired) electrons. The maximum Gasteiger partial charge on any atom is 0.0922 e. The van der Waals surface area contributed by atoms with Crippen LogP contribution >= 0.6 is 0 Å². The molecule has 1 unspecified atom stereocenters. The lowest BCUT2D eigenvalue weighted by Gasteiger charge is -2.12. The minimum Gasteiger partial charge on any atom is -0.251 e. The van der Waals surface area contributed by atoms with Crippen molar-refractivity contribution in [2.75, 3.05) is 6.67 Å². The molecular formula is C17H35F. The van der Waals surface area contributed by atoms with Gasteiger partial charge in [0.15, 0.2) is 0 Å². The Hall–Kier alpha value is -0.0700. The van der Waals surface area contributed by atoms with Crippen LogP contribution in [0.5, 0.6) is 0 Å². The van der Waals surface area contributed by atoms with Crippen LogP contribution in [0.3, 0.4) is 0 Å². The number of alkyl halides is 1. The molecule has 0 rings (SSSR count). The summed E-state index contributed by atoms with van der Waals surface area (Å²) in [6.45, 7) is 4.39. The molecular weight excluding hydrogens is 223 g/mol. The second kappa shape index (κ2) is 15.0. The Bertz CT molecular complexity index is 145. The second-order valence-electron chi connectivity index (χ2n) is 5.78. The summed E-state index contributed by atoms with van der Waals surface area (Å²) in [6, 6.07) is 0. The minimum absolute atomic E-state index is 0.0945. The number of hydrogen-bond donors (Lipinski definition) is 0. The fourth-order valence-electron chi connectivity index (χ4n) is 2.55. The smallest absolute Gasteiger partial charge is 0.0922 e. The van der Waals surface area contributed by atoms with Gasteiger partial charge in [-0.25, -0.2) is 0 Å². The van der Waals surface area contributed by atoms with Gasteiger partial charge in [0.2, 0.25) is 0 Å². The Morgan fingerprint density at radius 3 is 1.39 bits per heavy atom. The third kappa shape index (κ3) is 12.4. The molecule has 0 amide bonds. The number of hydrogen-bond acceptors (Lipinski definition) is 0. The number of halogens is 1. The number of rotatable bonds is 14. The van der Waals surface area contributed by atoms with E-state index in [9.17, 15) is 4.39 Å². The van der Waals surface area contributed by atoms with Crippen molar-refractivity contribution in [3.8, 4) is 0 Å². The molecule has 0 fully saturated rings. The van der Waals surface area contributed by atoms with Gasteiger partial charge in [-0.05, 0) is 18.8 Å². The van der Waals surface area contributed by atoms with E-state index in [1.54, 1.807) is 0 Å². The van der Waals surface area contributed by atoms with Gasteiger partial charge in [0.25, 0.3) is 0 Å². The van der Waals surface area contributed by atoms with Gasteiger partial charge >= 0.3 is 0 Å². The SMILES string of the molecule is CCCCCCCCC(CF)CCCCCCC. The summed E-state index contributed by atoms with van der Waals surface area (Å²) in [6.07, 6.45) is 16.7. The molecule has 0 aromatic heterocycles. The summed E-state index contributed by atoms with van der Waals surface area (Å²) in [4.78, 5) is 0. The second-order valence-corrected chi connectivity index (χ2v) is 5.78. The van der Waals surface area contributed by atoms with Crippen molar-refractivity contribution >= 4 is 0 Å². The third-order valence-electron chi connectivity index (χ3n) is 3.90. The van der Waals surface area contributed by atoms with Crippen molar-refractivity contribution in [2.24, 2.45) is 5.92 Å². The zero-order valence-corrected chi connectivity index (χ0v) is 12.9. The van der Waals surface area contributed by atoms with E-state index in [-0.39, 0.29) is 6.67 Å². The molecule has 0 saturated carbocycles. The van der Waals surface area contributed by atoms with E-state index in [0.29, 0.717) is 5.92 Å². The third-order valence-corrected chi connectivity index (χ3v) is 3.90. The average Bonchev–Trinajstić information content (AvgIpc) is 2.40. The van der Waals surface area contributed by atoms with Crippen LogP contribution in [0, 0.1) is 5.92 Å². The van der Waals surface area contributed by atoms with E-state index in [1.807, 2.05) is 0 Å². The maximum atomic E-state index is 12.9. The molecule has 0 aromatic rings. The Balaban J connectivity index is 3.29. The van der Waals surface area contributed by atoms with E-state index < -0.39 is 0 Å². The van der Waals surface area contributed by atoms with E-state index in [1.165, 1.54) is 70.6 Å². The largest absolute Gasteiger partial charge is 0.251 e. The van der Waals surface area contributed by atoms with E-state index in [2.05, 4.69) is 13.8 Å². The lowest BCUT2D eigenvalue weighted by molar-refractivity contribution is 0.309. The first-order valence-corrected chi connectivity index (χ1v) is 8.41. The van der Waals surface area contributed by atoms with Crippen molar-refractivity contribution in [3.63, 3.8) is 0 Å². The van der Waals surface area contributed by atoms with E-state index in [0.717, 1.165) is 12.8 Å². The Labute approximate surface area is 115 Å². The van der Waals surface area contributed by atoms with Gasteiger partial charge in [-0.15, -0.1) is 0 Å². The van der Waals surface area contributed by atoms with Crippen LogP contribution in [0.2, 0.25) is 0 Å². The molecule has 0 spiro atoms. The van der Waals surface area contributed by atoms with Gasteiger partial charge in [0.05, 0.1) is 6.67 Å². The molecule has 1 heteroatoms. The zero-order valence-electron chi connectivity index (χ0n) is 12.9. The molecule has 0 heterocycles. The lowest BCUT2D eigenvalue weighted by atomic mass is 9.95. The van der Waals surface area contributed by atoms with E-state index in [4.69, 9.17) is 0 Å². The first-order chi connectivity index (χ1) is 8.85. The summed E-state index contributed by atoms with van der Waals surface area (Å²) < 4.78 is 12.9. The van der Waals surface area contributed by atoms with E-state index >= 15 is 0 Å². The summed E-state index contributed by atoms with van der Waals surface area (Å²) in [5.74, 6) is 0.359. The highest BCUT2D eigenvalue weighted by atomic mass is 19.1. The monoisotopic (exact) mass is 258 g/mol. The van der Waals surface area contributed by atoms with Gasteiger partial charge in [-0.3, -0.25) is 4.39 Å². The molecule has 0 nitrogen and oxygen atoms in total. The van der Waals surface area contributed by atoms with Crippen LogP contribution in [-0.4, -0.2) is 6.67 Å². The Kier molecular flexibility index (Phi) is 14.9. The quantitative estimate of drug-likeness (QED) is 0.305. The first kappa shape index (κ1) is 17.9. The zero-order chi connectivity index (χ0) is 13.5. The predicted molar refractivity (Wildman–Crippen MR) is 80.8 cm³/mol. The molecule has 110 valence electrons. The van der Waals surface area contributed by atoms with Crippen molar-refractivity contribution < 1.29 is 4.39 Å². The standard InChI is InChI=1S/C17H35F/c1-3-5-7-9-11-13-15-17(16-18)14-12-10-8-6-4-2/h17H,3-16H2,1-2H3. The highest BCUT2D eigenvalue weighted by molar-refractivity contribution is 4.59. The lowest BCUT2D eigenvalue weighted by Crippen LogP contribution is -2.03. The summed E-state index contributed by atoms with van der Waals surface area (Å²) in [7, 11) is 0. The Morgan fingerprint density at radius 1 is 0.611 bits per heavy atom. The molecule has 0 saturated heterocycles. The van der Waals surface area contributed by atoms with Gasteiger partial charge in [0.1, 0.15) is 0 Å². The minimum atomic E-state index is -0.0945. The van der Waals surface area contributed by atoms with Crippen molar-refractivity contribution in [1.29, 1.82) is 0 Å². The molecule has 0 aliphatic heterocycles. The molecule has 0 bridgehead atoms. The average molecular weight is 258 g/mol. The molecule has 0 aromatic carbocycles. The maximum absolute atomic E-state index is 12.9. The van der Waals surface area contributed by atoms with Crippen LogP contribution in [0.15, 0.2) is 0 Å². The molecule has 18 heavy (non-hydrogen) atoms. The first-order valence-electron chi connectivity index (χ1n) is 8.41. The van der Waals surface area contributed by atoms with Gasteiger partial charge in [0, 0.05) is 0 Å². The van der Waals surface area contributed by atoms with Gasteiger partial charge in [-0.1, -0.05) is 84.5 Å². The molecule has 1 atom stereocenters. The van der Waals surface area contributed by atoms with Crippen molar-refractivity contribution in [3.05, 3.63) is 0 Å². The summed E-state index contributed by atoms with van der Waals surface area (Å²) in [5, 5.41) is 0. The normalized spacial score (nSPS) is 12.8.